The summed E-state index contributed by atoms with van der Waals surface area (Å²) >= 11 is 1.65. The second-order valence-electron chi connectivity index (χ2n) is 4.77. The van der Waals surface area contributed by atoms with Gasteiger partial charge in [-0.1, -0.05) is 0 Å². The molecule has 20 heavy (non-hydrogen) atoms. The van der Waals surface area contributed by atoms with Gasteiger partial charge in [-0.05, 0) is 44.5 Å². The zero-order valence-corrected chi connectivity index (χ0v) is 13.0. The highest BCUT2D eigenvalue weighted by Crippen LogP contribution is 2.24. The minimum atomic E-state index is -0.0668. The molecule has 4 nitrogen and oxygen atoms in total. The summed E-state index contributed by atoms with van der Waals surface area (Å²) < 4.78 is 0. The van der Waals surface area contributed by atoms with Crippen molar-refractivity contribution in [2.45, 2.75) is 26.8 Å². The zero-order chi connectivity index (χ0) is 14.7. The van der Waals surface area contributed by atoms with Crippen LogP contribution in [0.15, 0.2) is 23.6 Å². The van der Waals surface area contributed by atoms with E-state index in [0.717, 1.165) is 22.0 Å². The molecule has 1 heterocycles. The first-order valence-electron chi connectivity index (χ1n) is 6.52. The number of nitrogens with zero attached hydrogens (tertiary/aromatic N) is 1. The molecule has 106 valence electrons. The maximum atomic E-state index is 11.6. The van der Waals surface area contributed by atoms with Gasteiger partial charge in [-0.25, -0.2) is 4.98 Å². The van der Waals surface area contributed by atoms with Gasteiger partial charge in [-0.15, -0.1) is 11.3 Å². The highest BCUT2D eigenvalue weighted by Gasteiger charge is 2.11. The molecule has 0 saturated heterocycles. The smallest absolute Gasteiger partial charge is 0.251 e. The molecule has 1 aromatic heterocycles. The number of hydrogen-bond donors (Lipinski definition) is 2. The van der Waals surface area contributed by atoms with Gasteiger partial charge in [0.2, 0.25) is 0 Å². The van der Waals surface area contributed by atoms with Crippen molar-refractivity contribution in [2.24, 2.45) is 0 Å². The van der Waals surface area contributed by atoms with Crippen molar-refractivity contribution in [1.29, 1.82) is 0 Å². The van der Waals surface area contributed by atoms with Crippen LogP contribution < -0.4 is 10.6 Å². The van der Waals surface area contributed by atoms with Crippen molar-refractivity contribution in [3.8, 4) is 0 Å². The summed E-state index contributed by atoms with van der Waals surface area (Å²) in [6.07, 6.45) is 0. The predicted molar refractivity (Wildman–Crippen MR) is 83.5 cm³/mol. The summed E-state index contributed by atoms with van der Waals surface area (Å²) in [6.45, 7) is 6.08. The molecule has 0 aliphatic rings. The van der Waals surface area contributed by atoms with Crippen LogP contribution in [0.25, 0.3) is 0 Å². The van der Waals surface area contributed by atoms with Gasteiger partial charge in [-0.3, -0.25) is 4.79 Å². The van der Waals surface area contributed by atoms with E-state index in [2.05, 4.69) is 27.9 Å². The number of thiazole rings is 1. The molecular formula is C15H19N3OS. The Morgan fingerprint density at radius 2 is 2.10 bits per heavy atom. The molecule has 0 saturated carbocycles. The van der Waals surface area contributed by atoms with Crippen molar-refractivity contribution >= 4 is 22.9 Å². The van der Waals surface area contributed by atoms with E-state index in [0.29, 0.717) is 5.56 Å². The molecule has 1 unspecified atom stereocenters. The maximum Gasteiger partial charge on any atom is 0.251 e. The highest BCUT2D eigenvalue weighted by atomic mass is 32.1. The Labute approximate surface area is 123 Å². The van der Waals surface area contributed by atoms with Crippen molar-refractivity contribution < 1.29 is 4.79 Å². The van der Waals surface area contributed by atoms with Gasteiger partial charge in [0.15, 0.2) is 0 Å². The largest absolute Gasteiger partial charge is 0.377 e. The molecule has 0 bridgehead atoms. The number of rotatable bonds is 4. The summed E-state index contributed by atoms with van der Waals surface area (Å²) in [5.74, 6) is -0.0668. The van der Waals surface area contributed by atoms with Crippen LogP contribution in [0.5, 0.6) is 0 Å². The lowest BCUT2D eigenvalue weighted by atomic mass is 10.1. The minimum absolute atomic E-state index is 0.0668. The summed E-state index contributed by atoms with van der Waals surface area (Å²) in [4.78, 5) is 16.1. The minimum Gasteiger partial charge on any atom is -0.377 e. The Morgan fingerprint density at radius 3 is 2.65 bits per heavy atom. The van der Waals surface area contributed by atoms with Crippen molar-refractivity contribution in [3.05, 3.63) is 45.4 Å². The topological polar surface area (TPSA) is 54.0 Å². The molecule has 1 atom stereocenters. The van der Waals surface area contributed by atoms with Crippen LogP contribution in [-0.2, 0) is 0 Å². The number of carbonyl (C=O) groups excluding carboxylic acids is 1. The molecule has 2 aromatic rings. The summed E-state index contributed by atoms with van der Waals surface area (Å²) in [6, 6.07) is 5.80. The molecule has 1 amide bonds. The summed E-state index contributed by atoms with van der Waals surface area (Å²) in [5.41, 5.74) is 3.79. The van der Waals surface area contributed by atoms with Crippen LogP contribution in [0.1, 0.15) is 39.6 Å². The average molecular weight is 289 g/mol. The van der Waals surface area contributed by atoms with Gasteiger partial charge in [-0.2, -0.15) is 0 Å². The molecule has 0 fully saturated rings. The SMILES string of the molecule is CNC(=O)c1ccc(NC(C)c2csc(C)n2)c(C)c1. The fourth-order valence-electron chi connectivity index (χ4n) is 2.00. The monoisotopic (exact) mass is 289 g/mol. The van der Waals surface area contributed by atoms with Crippen molar-refractivity contribution in [1.82, 2.24) is 10.3 Å². The number of anilines is 1. The number of carbonyl (C=O) groups is 1. The third-order valence-corrected chi connectivity index (χ3v) is 3.96. The van der Waals surface area contributed by atoms with Gasteiger partial charge < -0.3 is 10.6 Å². The standard InChI is InChI=1S/C15H19N3OS/c1-9-7-12(15(19)16-4)5-6-13(9)17-10(2)14-8-20-11(3)18-14/h5-8,10,17H,1-4H3,(H,16,19). The van der Waals surface area contributed by atoms with Crippen LogP contribution in [0.4, 0.5) is 5.69 Å². The average Bonchev–Trinajstić information content (AvgIpc) is 2.86. The molecular weight excluding hydrogens is 270 g/mol. The molecule has 0 aliphatic carbocycles. The van der Waals surface area contributed by atoms with Crippen LogP contribution >= 0.6 is 11.3 Å². The zero-order valence-electron chi connectivity index (χ0n) is 12.2. The van der Waals surface area contributed by atoms with E-state index >= 15 is 0 Å². The Morgan fingerprint density at radius 1 is 1.35 bits per heavy atom. The maximum absolute atomic E-state index is 11.6. The lowest BCUT2D eigenvalue weighted by molar-refractivity contribution is 0.0963. The van der Waals surface area contributed by atoms with Crippen LogP contribution in [-0.4, -0.2) is 17.9 Å². The molecule has 0 radical (unpaired) electrons. The lowest BCUT2D eigenvalue weighted by Crippen LogP contribution is -2.18. The fourth-order valence-corrected chi connectivity index (χ4v) is 2.70. The quantitative estimate of drug-likeness (QED) is 0.908. The van der Waals surface area contributed by atoms with E-state index in [1.54, 1.807) is 18.4 Å². The first-order chi connectivity index (χ1) is 9.51. The van der Waals surface area contributed by atoms with E-state index in [-0.39, 0.29) is 11.9 Å². The number of hydrogen-bond acceptors (Lipinski definition) is 4. The summed E-state index contributed by atoms with van der Waals surface area (Å²) in [5, 5.41) is 9.21. The van der Waals surface area contributed by atoms with Crippen LogP contribution in [0.3, 0.4) is 0 Å². The van der Waals surface area contributed by atoms with Crippen LogP contribution in [0, 0.1) is 13.8 Å². The third kappa shape index (κ3) is 3.17. The lowest BCUT2D eigenvalue weighted by Gasteiger charge is -2.16. The molecule has 5 heteroatoms. The Kier molecular flexibility index (Phi) is 4.39. The van der Waals surface area contributed by atoms with Crippen molar-refractivity contribution in [3.63, 3.8) is 0 Å². The van der Waals surface area contributed by atoms with Gasteiger partial charge in [0, 0.05) is 23.7 Å². The van der Waals surface area contributed by atoms with Gasteiger partial charge >= 0.3 is 0 Å². The molecule has 2 rings (SSSR count). The molecule has 2 N–H and O–H groups in total. The summed E-state index contributed by atoms with van der Waals surface area (Å²) in [7, 11) is 1.64. The number of amides is 1. The Hall–Kier alpha value is -1.88. The fraction of sp³-hybridized carbons (Fsp3) is 0.333. The number of aromatic nitrogens is 1. The van der Waals surface area contributed by atoms with E-state index < -0.39 is 0 Å². The van der Waals surface area contributed by atoms with E-state index in [4.69, 9.17) is 0 Å². The predicted octanol–water partition coefficient (Wildman–Crippen LogP) is 3.29. The first-order valence-corrected chi connectivity index (χ1v) is 7.40. The highest BCUT2D eigenvalue weighted by molar-refractivity contribution is 7.09. The van der Waals surface area contributed by atoms with Crippen LogP contribution in [0.2, 0.25) is 0 Å². The number of aryl methyl sites for hydroxylation is 2. The third-order valence-electron chi connectivity index (χ3n) is 3.17. The Bertz CT molecular complexity index is 621. The van der Waals surface area contributed by atoms with Gasteiger partial charge in [0.05, 0.1) is 16.7 Å². The number of nitrogens with one attached hydrogen (secondary N) is 2. The molecule has 1 aromatic carbocycles. The molecule has 0 aliphatic heterocycles. The van der Waals surface area contributed by atoms with Gasteiger partial charge in [0.25, 0.3) is 5.91 Å². The van der Waals surface area contributed by atoms with Crippen molar-refractivity contribution in [2.75, 3.05) is 12.4 Å². The Balaban J connectivity index is 2.15. The van der Waals surface area contributed by atoms with E-state index in [9.17, 15) is 4.79 Å². The second-order valence-corrected chi connectivity index (χ2v) is 5.83. The van der Waals surface area contributed by atoms with E-state index in [1.165, 1.54) is 0 Å². The van der Waals surface area contributed by atoms with Gasteiger partial charge in [0.1, 0.15) is 0 Å². The number of benzene rings is 1. The normalized spacial score (nSPS) is 12.0. The van der Waals surface area contributed by atoms with E-state index in [1.807, 2.05) is 32.0 Å². The second kappa shape index (κ2) is 6.05. The first kappa shape index (κ1) is 14.5. The molecule has 0 spiro atoms.